The molecule has 0 aliphatic heterocycles. The smallest absolute Gasteiger partial charge is 0.258 e. The van der Waals surface area contributed by atoms with Crippen LogP contribution in [0.3, 0.4) is 0 Å². The maximum Gasteiger partial charge on any atom is 0.288 e. The monoisotopic (exact) mass is 320 g/mol. The first-order chi connectivity index (χ1) is 7.90. The first kappa shape index (κ1) is 14.4. The van der Waals surface area contributed by atoms with E-state index < -0.39 is 4.92 Å². The van der Waals surface area contributed by atoms with Gasteiger partial charge in [-0.1, -0.05) is 13.8 Å². The molecule has 1 rings (SSSR count). The van der Waals surface area contributed by atoms with Gasteiger partial charge in [0, 0.05) is 22.3 Å². The van der Waals surface area contributed by atoms with Crippen LogP contribution in [0.15, 0.2) is 16.7 Å². The summed E-state index contributed by atoms with van der Waals surface area (Å²) in [7, 11) is 0. The van der Waals surface area contributed by atoms with E-state index in [-0.39, 0.29) is 11.1 Å². The Morgan fingerprint density at radius 1 is 1.59 bits per heavy atom. The van der Waals surface area contributed by atoms with Crippen molar-refractivity contribution in [2.45, 2.75) is 32.1 Å². The molecule has 17 heavy (non-hydrogen) atoms. The third-order valence-electron chi connectivity index (χ3n) is 2.26. The van der Waals surface area contributed by atoms with E-state index in [2.05, 4.69) is 34.8 Å². The molecule has 0 fully saturated rings. The number of alkyl halides is 1. The lowest BCUT2D eigenvalue weighted by Crippen LogP contribution is -2.09. The summed E-state index contributed by atoms with van der Waals surface area (Å²) in [5, 5.41) is 10.6. The summed E-state index contributed by atoms with van der Waals surface area (Å²) in [4.78, 5) is 14.2. The molecule has 0 bridgehead atoms. The van der Waals surface area contributed by atoms with Crippen LogP contribution in [-0.4, -0.2) is 15.3 Å². The average Bonchev–Trinajstić information content (AvgIpc) is 2.19. The number of pyridine rings is 1. The summed E-state index contributed by atoms with van der Waals surface area (Å²) in [6.07, 6.45) is 2.77. The molecule has 0 aliphatic carbocycles. The SMILES string of the molecule is CC(C)CC(Cl)Cc1ncc([N+](=O)[O-])cc1Br. The lowest BCUT2D eigenvalue weighted by molar-refractivity contribution is -0.385. The average molecular weight is 322 g/mol. The highest BCUT2D eigenvalue weighted by Gasteiger charge is 2.14. The summed E-state index contributed by atoms with van der Waals surface area (Å²) in [6.45, 7) is 4.21. The minimum Gasteiger partial charge on any atom is -0.258 e. The fourth-order valence-electron chi connectivity index (χ4n) is 1.51. The summed E-state index contributed by atoms with van der Waals surface area (Å²) in [6, 6.07) is 1.46. The predicted molar refractivity (Wildman–Crippen MR) is 71.4 cm³/mol. The second kappa shape index (κ2) is 6.31. The third-order valence-corrected chi connectivity index (χ3v) is 3.27. The summed E-state index contributed by atoms with van der Waals surface area (Å²) in [5.41, 5.74) is 0.742. The van der Waals surface area contributed by atoms with Crippen LogP contribution in [0.1, 0.15) is 26.0 Å². The molecule has 0 saturated heterocycles. The van der Waals surface area contributed by atoms with Gasteiger partial charge in [-0.3, -0.25) is 15.1 Å². The van der Waals surface area contributed by atoms with Gasteiger partial charge in [0.2, 0.25) is 0 Å². The fraction of sp³-hybridized carbons (Fsp3) is 0.545. The molecule has 1 unspecified atom stereocenters. The van der Waals surface area contributed by atoms with Gasteiger partial charge in [0.25, 0.3) is 5.69 Å². The largest absolute Gasteiger partial charge is 0.288 e. The molecular weight excluding hydrogens is 307 g/mol. The van der Waals surface area contributed by atoms with Gasteiger partial charge in [-0.05, 0) is 28.3 Å². The second-order valence-corrected chi connectivity index (χ2v) is 5.78. The van der Waals surface area contributed by atoms with Gasteiger partial charge in [0.1, 0.15) is 6.20 Å². The number of aromatic nitrogens is 1. The van der Waals surface area contributed by atoms with E-state index in [4.69, 9.17) is 11.6 Å². The first-order valence-corrected chi connectivity index (χ1v) is 6.56. The Labute approximate surface area is 114 Å². The Hall–Kier alpha value is -0.680. The number of nitrogens with zero attached hydrogens (tertiary/aromatic N) is 2. The molecule has 0 saturated carbocycles. The summed E-state index contributed by atoms with van der Waals surface area (Å²) < 4.78 is 0.640. The minimum atomic E-state index is -0.464. The maximum atomic E-state index is 10.6. The van der Waals surface area contributed by atoms with Crippen molar-refractivity contribution in [1.29, 1.82) is 0 Å². The molecule has 0 radical (unpaired) electrons. The Kier molecular flexibility index (Phi) is 5.33. The van der Waals surface area contributed by atoms with E-state index in [1.165, 1.54) is 12.3 Å². The molecule has 0 N–H and O–H groups in total. The van der Waals surface area contributed by atoms with Crippen LogP contribution in [0.4, 0.5) is 5.69 Å². The highest BCUT2D eigenvalue weighted by molar-refractivity contribution is 9.10. The molecule has 1 aromatic heterocycles. The Morgan fingerprint density at radius 2 is 2.24 bits per heavy atom. The highest BCUT2D eigenvalue weighted by atomic mass is 79.9. The van der Waals surface area contributed by atoms with E-state index >= 15 is 0 Å². The zero-order valence-electron chi connectivity index (χ0n) is 9.69. The molecule has 0 aliphatic rings. The normalized spacial score (nSPS) is 12.8. The maximum absolute atomic E-state index is 10.6. The topological polar surface area (TPSA) is 56.0 Å². The predicted octanol–water partition coefficient (Wildman–Crippen LogP) is 3.95. The minimum absolute atomic E-state index is 0.000237. The number of halogens is 2. The lowest BCUT2D eigenvalue weighted by Gasteiger charge is -2.12. The van der Waals surface area contributed by atoms with Crippen LogP contribution < -0.4 is 0 Å². The molecule has 0 amide bonds. The molecular formula is C11H14BrClN2O2. The van der Waals surface area contributed by atoms with Gasteiger partial charge in [0.05, 0.1) is 10.6 Å². The van der Waals surface area contributed by atoms with E-state index in [0.717, 1.165) is 12.1 Å². The van der Waals surface area contributed by atoms with Crippen LogP contribution in [-0.2, 0) is 6.42 Å². The van der Waals surface area contributed by atoms with Gasteiger partial charge in [0.15, 0.2) is 0 Å². The lowest BCUT2D eigenvalue weighted by atomic mass is 10.0. The van der Waals surface area contributed by atoms with Crippen LogP contribution in [0.2, 0.25) is 0 Å². The van der Waals surface area contributed by atoms with Gasteiger partial charge < -0.3 is 0 Å². The molecule has 1 aromatic rings. The van der Waals surface area contributed by atoms with Crippen molar-refractivity contribution < 1.29 is 4.92 Å². The van der Waals surface area contributed by atoms with Gasteiger partial charge >= 0.3 is 0 Å². The molecule has 1 atom stereocenters. The second-order valence-electron chi connectivity index (χ2n) is 4.31. The molecule has 0 aromatic carbocycles. The molecule has 1 heterocycles. The molecule has 6 heteroatoms. The van der Waals surface area contributed by atoms with Crippen molar-refractivity contribution in [3.8, 4) is 0 Å². The Bertz CT molecular complexity index is 412. The standard InChI is InChI=1S/C11H14BrClN2O2/c1-7(2)3-8(13)4-11-10(12)5-9(6-14-11)15(16)17/h5-8H,3-4H2,1-2H3. The summed E-state index contributed by atoms with van der Waals surface area (Å²) >= 11 is 9.47. The van der Waals surface area contributed by atoms with E-state index in [1.807, 2.05) is 0 Å². The van der Waals surface area contributed by atoms with Crippen molar-refractivity contribution >= 4 is 33.2 Å². The first-order valence-electron chi connectivity index (χ1n) is 5.33. The van der Waals surface area contributed by atoms with Gasteiger partial charge in [-0.15, -0.1) is 11.6 Å². The Balaban J connectivity index is 2.75. The quantitative estimate of drug-likeness (QED) is 0.469. The Morgan fingerprint density at radius 3 is 2.71 bits per heavy atom. The van der Waals surface area contributed by atoms with Crippen molar-refractivity contribution in [3.05, 3.63) is 32.5 Å². The van der Waals surface area contributed by atoms with Gasteiger partial charge in [-0.2, -0.15) is 0 Å². The van der Waals surface area contributed by atoms with Crippen LogP contribution in [0, 0.1) is 16.0 Å². The highest BCUT2D eigenvalue weighted by Crippen LogP contribution is 2.24. The van der Waals surface area contributed by atoms with E-state index in [0.29, 0.717) is 16.8 Å². The molecule has 0 spiro atoms. The summed E-state index contributed by atoms with van der Waals surface area (Å²) in [5.74, 6) is 0.523. The van der Waals surface area contributed by atoms with Crippen LogP contribution in [0.5, 0.6) is 0 Å². The van der Waals surface area contributed by atoms with Gasteiger partial charge in [-0.25, -0.2) is 0 Å². The van der Waals surface area contributed by atoms with Crippen molar-refractivity contribution in [2.75, 3.05) is 0 Å². The van der Waals surface area contributed by atoms with Crippen LogP contribution >= 0.6 is 27.5 Å². The number of hydrogen-bond acceptors (Lipinski definition) is 3. The van der Waals surface area contributed by atoms with Crippen molar-refractivity contribution in [2.24, 2.45) is 5.92 Å². The van der Waals surface area contributed by atoms with E-state index in [9.17, 15) is 10.1 Å². The van der Waals surface area contributed by atoms with Crippen molar-refractivity contribution in [3.63, 3.8) is 0 Å². The fourth-order valence-corrected chi connectivity index (χ4v) is 2.51. The number of nitro groups is 1. The zero-order valence-corrected chi connectivity index (χ0v) is 12.0. The molecule has 94 valence electrons. The number of rotatable bonds is 5. The zero-order chi connectivity index (χ0) is 13.0. The third kappa shape index (κ3) is 4.60. The van der Waals surface area contributed by atoms with Crippen LogP contribution in [0.25, 0.3) is 0 Å². The van der Waals surface area contributed by atoms with E-state index in [1.54, 1.807) is 0 Å². The van der Waals surface area contributed by atoms with Crippen molar-refractivity contribution in [1.82, 2.24) is 4.98 Å². The molecule has 4 nitrogen and oxygen atoms in total. The number of hydrogen-bond donors (Lipinski definition) is 0.